The number of aromatic nitrogens is 4. The molecule has 0 bridgehead atoms. The molecule has 0 aliphatic rings. The highest BCUT2D eigenvalue weighted by molar-refractivity contribution is 5.86. The lowest BCUT2D eigenvalue weighted by Crippen LogP contribution is -2.02. The molecular weight excluding hydrogens is 250 g/mol. The summed E-state index contributed by atoms with van der Waals surface area (Å²) in [5.74, 6) is 1.80. The van der Waals surface area contributed by atoms with Gasteiger partial charge in [0, 0.05) is 18.2 Å². The summed E-state index contributed by atoms with van der Waals surface area (Å²) in [5, 5.41) is 0.699. The van der Waals surface area contributed by atoms with Crippen LogP contribution in [0.2, 0.25) is 0 Å². The number of hydrogen-bond donors (Lipinski definition) is 1. The Hall–Kier alpha value is -2.56. The highest BCUT2D eigenvalue weighted by Gasteiger charge is 2.09. The normalized spacial score (nSPS) is 10.8. The summed E-state index contributed by atoms with van der Waals surface area (Å²) in [6.07, 6.45) is 3.54. The van der Waals surface area contributed by atoms with E-state index in [1.807, 2.05) is 30.3 Å². The molecule has 2 aromatic heterocycles. The van der Waals surface area contributed by atoms with E-state index >= 15 is 0 Å². The van der Waals surface area contributed by atoms with E-state index < -0.39 is 0 Å². The number of aryl methyl sites for hydroxylation is 1. The van der Waals surface area contributed by atoms with Gasteiger partial charge in [-0.05, 0) is 6.42 Å². The maximum absolute atomic E-state index is 5.99. The number of anilines is 1. The highest BCUT2D eigenvalue weighted by Crippen LogP contribution is 2.21. The van der Waals surface area contributed by atoms with E-state index in [-0.39, 0.29) is 0 Å². The van der Waals surface area contributed by atoms with Gasteiger partial charge in [0.05, 0.1) is 5.39 Å². The third-order valence-corrected chi connectivity index (χ3v) is 3.04. The Labute approximate surface area is 116 Å². The van der Waals surface area contributed by atoms with Crippen LogP contribution in [0.15, 0.2) is 36.5 Å². The van der Waals surface area contributed by atoms with Crippen molar-refractivity contribution < 1.29 is 0 Å². The molecule has 0 amide bonds. The van der Waals surface area contributed by atoms with Gasteiger partial charge in [-0.2, -0.15) is 0 Å². The monoisotopic (exact) mass is 265 g/mol. The van der Waals surface area contributed by atoms with Gasteiger partial charge in [0.15, 0.2) is 11.5 Å². The van der Waals surface area contributed by atoms with Crippen molar-refractivity contribution in [3.63, 3.8) is 0 Å². The van der Waals surface area contributed by atoms with Crippen LogP contribution in [0.25, 0.3) is 22.4 Å². The maximum Gasteiger partial charge on any atom is 0.168 e. The molecule has 0 unspecified atom stereocenters. The fraction of sp³-hybridized carbons (Fsp3) is 0.200. The van der Waals surface area contributed by atoms with E-state index in [0.717, 1.165) is 24.2 Å². The largest absolute Gasteiger partial charge is 0.383 e. The molecule has 0 aliphatic heterocycles. The lowest BCUT2D eigenvalue weighted by atomic mass is 10.2. The summed E-state index contributed by atoms with van der Waals surface area (Å²) < 4.78 is 0. The summed E-state index contributed by atoms with van der Waals surface area (Å²) in [7, 11) is 0. The molecule has 0 saturated carbocycles. The second-order valence-electron chi connectivity index (χ2n) is 4.57. The maximum atomic E-state index is 5.99. The van der Waals surface area contributed by atoms with Crippen LogP contribution in [0.5, 0.6) is 0 Å². The summed E-state index contributed by atoms with van der Waals surface area (Å²) in [6.45, 7) is 2.09. The Kier molecular flexibility index (Phi) is 3.25. The minimum Gasteiger partial charge on any atom is -0.383 e. The zero-order valence-electron chi connectivity index (χ0n) is 11.2. The third-order valence-electron chi connectivity index (χ3n) is 3.04. The van der Waals surface area contributed by atoms with Crippen molar-refractivity contribution in [1.82, 2.24) is 19.9 Å². The van der Waals surface area contributed by atoms with Crippen molar-refractivity contribution in [2.24, 2.45) is 0 Å². The molecule has 3 aromatic rings. The Morgan fingerprint density at radius 3 is 2.60 bits per heavy atom. The molecule has 20 heavy (non-hydrogen) atoms. The van der Waals surface area contributed by atoms with Crippen LogP contribution in [0.3, 0.4) is 0 Å². The first-order valence-electron chi connectivity index (χ1n) is 6.62. The third kappa shape index (κ3) is 2.30. The van der Waals surface area contributed by atoms with Crippen molar-refractivity contribution >= 4 is 16.9 Å². The molecular formula is C15H15N5. The fourth-order valence-electron chi connectivity index (χ4n) is 2.03. The van der Waals surface area contributed by atoms with Crippen molar-refractivity contribution in [2.75, 3.05) is 5.73 Å². The molecule has 2 heterocycles. The van der Waals surface area contributed by atoms with E-state index in [1.165, 1.54) is 0 Å². The topological polar surface area (TPSA) is 77.6 Å². The molecule has 1 aromatic carbocycles. The van der Waals surface area contributed by atoms with Crippen LogP contribution in [-0.2, 0) is 6.42 Å². The molecule has 2 N–H and O–H groups in total. The van der Waals surface area contributed by atoms with Crippen molar-refractivity contribution in [1.29, 1.82) is 0 Å². The molecule has 0 aliphatic carbocycles. The van der Waals surface area contributed by atoms with Gasteiger partial charge in [-0.25, -0.2) is 19.9 Å². The summed E-state index contributed by atoms with van der Waals surface area (Å²) in [5.41, 5.74) is 7.52. The quantitative estimate of drug-likeness (QED) is 0.787. The fourth-order valence-corrected chi connectivity index (χ4v) is 2.03. The predicted octanol–water partition coefficient (Wildman–Crippen LogP) is 2.62. The number of nitrogens with two attached hydrogens (primary N) is 1. The molecule has 0 atom stereocenters. The molecule has 3 rings (SSSR count). The summed E-state index contributed by atoms with van der Waals surface area (Å²) in [4.78, 5) is 17.6. The van der Waals surface area contributed by atoms with E-state index in [9.17, 15) is 0 Å². The number of fused-ring (bicyclic) bond motifs is 1. The Balaban J connectivity index is 2.16. The number of nitrogen functional groups attached to an aromatic ring is 1. The molecule has 5 heteroatoms. The minimum absolute atomic E-state index is 0.414. The van der Waals surface area contributed by atoms with Crippen LogP contribution in [0.4, 0.5) is 5.82 Å². The minimum atomic E-state index is 0.414. The van der Waals surface area contributed by atoms with Gasteiger partial charge in [-0.3, -0.25) is 0 Å². The first kappa shape index (κ1) is 12.5. The number of nitrogens with zero attached hydrogens (tertiary/aromatic N) is 4. The second-order valence-corrected chi connectivity index (χ2v) is 4.57. The van der Waals surface area contributed by atoms with Crippen molar-refractivity contribution in [3.8, 4) is 11.4 Å². The molecule has 0 fully saturated rings. The van der Waals surface area contributed by atoms with E-state index in [0.29, 0.717) is 22.7 Å². The molecule has 0 saturated heterocycles. The summed E-state index contributed by atoms with van der Waals surface area (Å²) in [6, 6.07) is 9.75. The average Bonchev–Trinajstić information content (AvgIpc) is 2.48. The van der Waals surface area contributed by atoms with Crippen LogP contribution in [0, 0.1) is 0 Å². The van der Waals surface area contributed by atoms with Crippen LogP contribution in [0.1, 0.15) is 19.2 Å². The molecule has 0 radical (unpaired) electrons. The van der Waals surface area contributed by atoms with Crippen molar-refractivity contribution in [2.45, 2.75) is 19.8 Å². The van der Waals surface area contributed by atoms with Crippen LogP contribution >= 0.6 is 0 Å². The number of rotatable bonds is 3. The summed E-state index contributed by atoms with van der Waals surface area (Å²) >= 11 is 0. The van der Waals surface area contributed by atoms with Gasteiger partial charge in [-0.15, -0.1) is 0 Å². The van der Waals surface area contributed by atoms with Gasteiger partial charge >= 0.3 is 0 Å². The first-order valence-corrected chi connectivity index (χ1v) is 6.62. The van der Waals surface area contributed by atoms with Gasteiger partial charge < -0.3 is 5.73 Å². The van der Waals surface area contributed by atoms with Crippen LogP contribution < -0.4 is 5.73 Å². The lowest BCUT2D eigenvalue weighted by Gasteiger charge is -2.05. The average molecular weight is 265 g/mol. The predicted molar refractivity (Wildman–Crippen MR) is 79.0 cm³/mol. The zero-order valence-corrected chi connectivity index (χ0v) is 11.2. The van der Waals surface area contributed by atoms with Gasteiger partial charge in [0.25, 0.3) is 0 Å². The van der Waals surface area contributed by atoms with Gasteiger partial charge in [-0.1, -0.05) is 37.3 Å². The highest BCUT2D eigenvalue weighted by atomic mass is 15.0. The SMILES string of the molecule is CCCc1ncc2c(N)nc(-c3ccccc3)nc2n1. The Morgan fingerprint density at radius 1 is 1.05 bits per heavy atom. The Morgan fingerprint density at radius 2 is 1.85 bits per heavy atom. The smallest absolute Gasteiger partial charge is 0.168 e. The van der Waals surface area contributed by atoms with Gasteiger partial charge in [0.1, 0.15) is 11.6 Å². The van der Waals surface area contributed by atoms with E-state index in [1.54, 1.807) is 6.20 Å². The standard InChI is InChI=1S/C15H15N5/c1-2-6-12-17-9-11-13(16)19-14(20-15(11)18-12)10-7-4-3-5-8-10/h3-5,7-9H,2,6H2,1H3,(H2,16,17,18,19,20). The lowest BCUT2D eigenvalue weighted by molar-refractivity contribution is 0.841. The number of hydrogen-bond acceptors (Lipinski definition) is 5. The van der Waals surface area contributed by atoms with E-state index in [4.69, 9.17) is 5.73 Å². The molecule has 5 nitrogen and oxygen atoms in total. The molecule has 100 valence electrons. The number of benzene rings is 1. The van der Waals surface area contributed by atoms with Crippen molar-refractivity contribution in [3.05, 3.63) is 42.4 Å². The van der Waals surface area contributed by atoms with Crippen LogP contribution in [-0.4, -0.2) is 19.9 Å². The Bertz CT molecular complexity index is 740. The van der Waals surface area contributed by atoms with E-state index in [2.05, 4.69) is 26.9 Å². The second kappa shape index (κ2) is 5.21. The molecule has 0 spiro atoms. The van der Waals surface area contributed by atoms with Gasteiger partial charge in [0.2, 0.25) is 0 Å². The zero-order chi connectivity index (χ0) is 13.9. The first-order chi connectivity index (χ1) is 9.78.